The van der Waals surface area contributed by atoms with Crippen LogP contribution >= 0.6 is 0 Å². The predicted molar refractivity (Wildman–Crippen MR) is 63.0 cm³/mol. The van der Waals surface area contributed by atoms with Crippen LogP contribution in [-0.4, -0.2) is 4.98 Å². The molecule has 1 heterocycles. The van der Waals surface area contributed by atoms with Gasteiger partial charge in [-0.05, 0) is 30.5 Å². The summed E-state index contributed by atoms with van der Waals surface area (Å²) < 4.78 is 5.41. The van der Waals surface area contributed by atoms with Gasteiger partial charge in [-0.2, -0.15) is 5.26 Å². The van der Waals surface area contributed by atoms with Gasteiger partial charge in [-0.25, -0.2) is 4.98 Å². The first-order valence-electron chi connectivity index (χ1n) is 5.68. The molecular formula is C13H13N3O. The van der Waals surface area contributed by atoms with E-state index in [9.17, 15) is 0 Å². The molecule has 0 radical (unpaired) electrons. The monoisotopic (exact) mass is 227 g/mol. The molecule has 17 heavy (non-hydrogen) atoms. The number of nitrogens with zero attached hydrogens (tertiary/aromatic N) is 2. The van der Waals surface area contributed by atoms with E-state index in [2.05, 4.69) is 11.1 Å². The molecule has 1 unspecified atom stereocenters. The lowest BCUT2D eigenvalue weighted by Gasteiger charge is -2.16. The van der Waals surface area contributed by atoms with Gasteiger partial charge in [0.25, 0.3) is 0 Å². The summed E-state index contributed by atoms with van der Waals surface area (Å²) in [5.41, 5.74) is 8.34. The molecule has 0 aliphatic heterocycles. The van der Waals surface area contributed by atoms with E-state index in [1.165, 1.54) is 0 Å². The van der Waals surface area contributed by atoms with E-state index in [0.717, 1.165) is 29.5 Å². The Labute approximate surface area is 99.0 Å². The highest BCUT2D eigenvalue weighted by Crippen LogP contribution is 2.53. The van der Waals surface area contributed by atoms with Gasteiger partial charge in [0.2, 0.25) is 0 Å². The van der Waals surface area contributed by atoms with E-state index in [4.69, 9.17) is 15.4 Å². The Kier molecular flexibility index (Phi) is 2.01. The molecule has 1 atom stereocenters. The quantitative estimate of drug-likeness (QED) is 0.854. The largest absolute Gasteiger partial charge is 0.441 e. The van der Waals surface area contributed by atoms with Crippen molar-refractivity contribution in [2.45, 2.75) is 25.8 Å². The molecule has 2 aromatic rings. The van der Waals surface area contributed by atoms with Gasteiger partial charge < -0.3 is 10.2 Å². The SMILES string of the molecule is Cc1nc2cc(C(N)C3(C#N)CC3)ccc2o1. The zero-order chi connectivity index (χ0) is 12.0. The van der Waals surface area contributed by atoms with Crippen LogP contribution < -0.4 is 5.73 Å². The molecule has 86 valence electrons. The normalized spacial score (nSPS) is 18.9. The molecule has 0 saturated heterocycles. The second-order valence-electron chi connectivity index (χ2n) is 4.71. The summed E-state index contributed by atoms with van der Waals surface area (Å²) in [6, 6.07) is 7.83. The van der Waals surface area contributed by atoms with Crippen molar-refractivity contribution < 1.29 is 4.42 Å². The molecule has 1 aliphatic carbocycles. The summed E-state index contributed by atoms with van der Waals surface area (Å²) in [5, 5.41) is 9.14. The van der Waals surface area contributed by atoms with Crippen molar-refractivity contribution >= 4 is 11.1 Å². The third-order valence-corrected chi connectivity index (χ3v) is 3.48. The summed E-state index contributed by atoms with van der Waals surface area (Å²) >= 11 is 0. The number of rotatable bonds is 2. The zero-order valence-corrected chi connectivity index (χ0v) is 9.60. The fourth-order valence-electron chi connectivity index (χ4n) is 2.20. The molecule has 1 fully saturated rings. The fourth-order valence-corrected chi connectivity index (χ4v) is 2.20. The number of aromatic nitrogens is 1. The molecule has 4 heteroatoms. The standard InChI is InChI=1S/C13H13N3O/c1-8-16-10-6-9(2-3-11(10)17-8)12(15)13(7-14)4-5-13/h2-3,6,12H,4-5,15H2,1H3. The van der Waals surface area contributed by atoms with Crippen LogP contribution in [0.5, 0.6) is 0 Å². The Hall–Kier alpha value is -1.86. The molecule has 0 amide bonds. The maximum Gasteiger partial charge on any atom is 0.192 e. The van der Waals surface area contributed by atoms with E-state index in [1.54, 1.807) is 0 Å². The third-order valence-electron chi connectivity index (χ3n) is 3.48. The Morgan fingerprint density at radius 1 is 1.53 bits per heavy atom. The number of aryl methyl sites for hydroxylation is 1. The van der Waals surface area contributed by atoms with Gasteiger partial charge >= 0.3 is 0 Å². The first kappa shape index (κ1) is 10.3. The minimum absolute atomic E-state index is 0.228. The van der Waals surface area contributed by atoms with Gasteiger partial charge in [-0.3, -0.25) is 0 Å². The molecule has 1 aliphatic rings. The molecule has 0 spiro atoms. The zero-order valence-electron chi connectivity index (χ0n) is 9.60. The third kappa shape index (κ3) is 1.51. The topological polar surface area (TPSA) is 75.8 Å². The highest BCUT2D eigenvalue weighted by Gasteiger charge is 2.49. The number of nitriles is 1. The first-order chi connectivity index (χ1) is 8.14. The van der Waals surface area contributed by atoms with Crippen molar-refractivity contribution in [2.75, 3.05) is 0 Å². The van der Waals surface area contributed by atoms with Gasteiger partial charge in [0.05, 0.1) is 11.5 Å². The number of nitrogens with two attached hydrogens (primary N) is 1. The van der Waals surface area contributed by atoms with Crippen molar-refractivity contribution in [3.8, 4) is 6.07 Å². The van der Waals surface area contributed by atoms with Crippen LogP contribution in [0.25, 0.3) is 11.1 Å². The van der Waals surface area contributed by atoms with Gasteiger partial charge in [0.15, 0.2) is 11.5 Å². The van der Waals surface area contributed by atoms with Crippen molar-refractivity contribution in [3.63, 3.8) is 0 Å². The van der Waals surface area contributed by atoms with E-state index >= 15 is 0 Å². The number of fused-ring (bicyclic) bond motifs is 1. The van der Waals surface area contributed by atoms with Crippen LogP contribution in [0, 0.1) is 23.7 Å². The molecule has 1 saturated carbocycles. The van der Waals surface area contributed by atoms with Crippen LogP contribution in [0.15, 0.2) is 22.6 Å². The van der Waals surface area contributed by atoms with Gasteiger partial charge in [-0.15, -0.1) is 0 Å². The van der Waals surface area contributed by atoms with Gasteiger partial charge in [-0.1, -0.05) is 6.07 Å². The summed E-state index contributed by atoms with van der Waals surface area (Å²) in [5.74, 6) is 0.645. The minimum Gasteiger partial charge on any atom is -0.441 e. The molecule has 2 N–H and O–H groups in total. The lowest BCUT2D eigenvalue weighted by molar-refractivity contribution is 0.519. The lowest BCUT2D eigenvalue weighted by Crippen LogP contribution is -2.21. The average molecular weight is 227 g/mol. The summed E-state index contributed by atoms with van der Waals surface area (Å²) in [6.45, 7) is 1.82. The number of hydrogen-bond acceptors (Lipinski definition) is 4. The fraction of sp³-hybridized carbons (Fsp3) is 0.385. The highest BCUT2D eigenvalue weighted by atomic mass is 16.3. The van der Waals surface area contributed by atoms with Crippen molar-refractivity contribution in [1.82, 2.24) is 4.98 Å². The lowest BCUT2D eigenvalue weighted by atomic mass is 9.92. The van der Waals surface area contributed by atoms with Crippen LogP contribution in [0.1, 0.15) is 30.3 Å². The van der Waals surface area contributed by atoms with Gasteiger partial charge in [0, 0.05) is 13.0 Å². The minimum atomic E-state index is -0.355. The Morgan fingerprint density at radius 2 is 2.29 bits per heavy atom. The molecule has 3 rings (SSSR count). The van der Waals surface area contributed by atoms with E-state index in [0.29, 0.717) is 5.89 Å². The number of oxazole rings is 1. The molecular weight excluding hydrogens is 214 g/mol. The highest BCUT2D eigenvalue weighted by molar-refractivity contribution is 5.73. The van der Waals surface area contributed by atoms with Crippen molar-refractivity contribution in [1.29, 1.82) is 5.26 Å². The maximum atomic E-state index is 9.14. The average Bonchev–Trinajstić information content (AvgIpc) is 3.03. The second kappa shape index (κ2) is 3.31. The molecule has 1 aromatic carbocycles. The summed E-state index contributed by atoms with van der Waals surface area (Å²) in [6.07, 6.45) is 1.78. The number of hydrogen-bond donors (Lipinski definition) is 1. The maximum absolute atomic E-state index is 9.14. The van der Waals surface area contributed by atoms with Gasteiger partial charge in [0.1, 0.15) is 5.52 Å². The molecule has 0 bridgehead atoms. The Balaban J connectivity index is 2.03. The van der Waals surface area contributed by atoms with E-state index < -0.39 is 0 Å². The van der Waals surface area contributed by atoms with Crippen molar-refractivity contribution in [2.24, 2.45) is 11.1 Å². The van der Waals surface area contributed by atoms with Crippen LogP contribution in [0.3, 0.4) is 0 Å². The second-order valence-corrected chi connectivity index (χ2v) is 4.71. The summed E-state index contributed by atoms with van der Waals surface area (Å²) in [4.78, 5) is 4.28. The van der Waals surface area contributed by atoms with Crippen LogP contribution in [-0.2, 0) is 0 Å². The number of benzene rings is 1. The van der Waals surface area contributed by atoms with E-state index in [-0.39, 0.29) is 11.5 Å². The first-order valence-corrected chi connectivity index (χ1v) is 5.68. The van der Waals surface area contributed by atoms with Crippen LogP contribution in [0.4, 0.5) is 0 Å². The smallest absolute Gasteiger partial charge is 0.192 e. The van der Waals surface area contributed by atoms with Crippen molar-refractivity contribution in [3.05, 3.63) is 29.7 Å². The Morgan fingerprint density at radius 3 is 2.94 bits per heavy atom. The molecule has 4 nitrogen and oxygen atoms in total. The summed E-state index contributed by atoms with van der Waals surface area (Å²) in [7, 11) is 0. The van der Waals surface area contributed by atoms with E-state index in [1.807, 2.05) is 25.1 Å². The Bertz CT molecular complexity index is 619. The predicted octanol–water partition coefficient (Wildman–Crippen LogP) is 2.44. The van der Waals surface area contributed by atoms with Crippen LogP contribution in [0.2, 0.25) is 0 Å². The molecule has 1 aromatic heterocycles.